The maximum Gasteiger partial charge on any atom is 0.214 e. The van der Waals surface area contributed by atoms with Crippen LogP contribution in [-0.4, -0.2) is 4.98 Å². The topological polar surface area (TPSA) is 22.1 Å². The number of hydrogen-bond donors (Lipinski definition) is 0. The number of nitrogens with zero attached hydrogens (tertiary/aromatic N) is 1. The zero-order chi connectivity index (χ0) is 13.1. The second-order valence-electron chi connectivity index (χ2n) is 3.73. The second kappa shape index (κ2) is 5.67. The summed E-state index contributed by atoms with van der Waals surface area (Å²) in [6.07, 6.45) is 0. The minimum Gasteiger partial charge on any atom is -0.473 e. The molecule has 0 fully saturated rings. The van der Waals surface area contributed by atoms with Crippen LogP contribution in [0.3, 0.4) is 0 Å². The molecule has 5 heteroatoms. The Bertz CT molecular complexity index is 577. The molecule has 1 aromatic heterocycles. The van der Waals surface area contributed by atoms with E-state index in [-0.39, 0.29) is 12.4 Å². The lowest BCUT2D eigenvalue weighted by atomic mass is 10.1. The van der Waals surface area contributed by atoms with E-state index in [0.717, 1.165) is 0 Å². The van der Waals surface area contributed by atoms with Gasteiger partial charge in [-0.3, -0.25) is 0 Å². The van der Waals surface area contributed by atoms with Gasteiger partial charge in [0, 0.05) is 22.2 Å². The third kappa shape index (κ3) is 3.00. The van der Waals surface area contributed by atoms with Gasteiger partial charge in [0.25, 0.3) is 0 Å². The number of halogens is 3. The van der Waals surface area contributed by atoms with Crippen molar-refractivity contribution in [3.8, 4) is 5.88 Å². The van der Waals surface area contributed by atoms with E-state index in [1.165, 1.54) is 0 Å². The highest BCUT2D eigenvalue weighted by Crippen LogP contribution is 2.22. The molecule has 0 radical (unpaired) electrons. The normalized spacial score (nSPS) is 10.4. The van der Waals surface area contributed by atoms with Gasteiger partial charge in [-0.15, -0.1) is 0 Å². The molecule has 94 valence electrons. The molecule has 2 aromatic rings. The lowest BCUT2D eigenvalue weighted by Crippen LogP contribution is -2.01. The highest BCUT2D eigenvalue weighted by atomic mass is 79.9. The maximum atomic E-state index is 13.9. The average molecular weight is 331 g/mol. The van der Waals surface area contributed by atoms with Crippen LogP contribution in [0.25, 0.3) is 0 Å². The molecule has 0 atom stereocenters. The number of rotatable bonds is 3. The Labute approximate surface area is 118 Å². The molecule has 0 aliphatic rings. The Morgan fingerprint density at radius 2 is 2.11 bits per heavy atom. The summed E-state index contributed by atoms with van der Waals surface area (Å²) >= 11 is 9.07. The lowest BCUT2D eigenvalue weighted by molar-refractivity contribution is 0.287. The van der Waals surface area contributed by atoms with Gasteiger partial charge in [0.05, 0.1) is 0 Å². The summed E-state index contributed by atoms with van der Waals surface area (Å²) in [4.78, 5) is 4.10. The van der Waals surface area contributed by atoms with Crippen LogP contribution in [0, 0.1) is 12.7 Å². The number of hydrogen-bond acceptors (Lipinski definition) is 2. The Morgan fingerprint density at radius 3 is 2.83 bits per heavy atom. The molecule has 0 N–H and O–H groups in total. The standard InChI is InChI=1S/C13H10BrClFNO/c1-8-10(15)6-5-9(13(8)16)7-18-12-4-2-3-11(14)17-12/h2-6H,7H2,1H3. The van der Waals surface area contributed by atoms with Crippen molar-refractivity contribution in [2.45, 2.75) is 13.5 Å². The predicted molar refractivity (Wildman–Crippen MR) is 72.4 cm³/mol. The quantitative estimate of drug-likeness (QED) is 0.772. The van der Waals surface area contributed by atoms with E-state index in [0.29, 0.717) is 26.6 Å². The van der Waals surface area contributed by atoms with Crippen LogP contribution >= 0.6 is 27.5 Å². The summed E-state index contributed by atoms with van der Waals surface area (Å²) in [5.74, 6) is 0.105. The first-order chi connectivity index (χ1) is 8.58. The van der Waals surface area contributed by atoms with Crippen LogP contribution in [0.5, 0.6) is 5.88 Å². The lowest BCUT2D eigenvalue weighted by Gasteiger charge is -2.08. The van der Waals surface area contributed by atoms with E-state index >= 15 is 0 Å². The molecule has 0 bridgehead atoms. The highest BCUT2D eigenvalue weighted by Gasteiger charge is 2.09. The molecule has 1 aromatic carbocycles. The Kier molecular flexibility index (Phi) is 4.19. The third-order valence-electron chi connectivity index (χ3n) is 2.47. The maximum absolute atomic E-state index is 13.9. The molecule has 0 aliphatic carbocycles. The first-order valence-electron chi connectivity index (χ1n) is 5.27. The van der Waals surface area contributed by atoms with Crippen molar-refractivity contribution in [2.24, 2.45) is 0 Å². The predicted octanol–water partition coefficient (Wildman–Crippen LogP) is 4.52. The molecular weight excluding hydrogens is 321 g/mol. The minimum atomic E-state index is -0.336. The van der Waals surface area contributed by atoms with E-state index in [9.17, 15) is 4.39 Å². The molecule has 2 nitrogen and oxygen atoms in total. The molecule has 0 aliphatic heterocycles. The fourth-order valence-electron chi connectivity index (χ4n) is 1.45. The Hall–Kier alpha value is -1.13. The Morgan fingerprint density at radius 1 is 1.33 bits per heavy atom. The summed E-state index contributed by atoms with van der Waals surface area (Å²) in [6, 6.07) is 8.58. The average Bonchev–Trinajstić information content (AvgIpc) is 2.35. The van der Waals surface area contributed by atoms with Gasteiger partial charge in [0.2, 0.25) is 5.88 Å². The second-order valence-corrected chi connectivity index (χ2v) is 4.95. The molecule has 0 saturated carbocycles. The third-order valence-corrected chi connectivity index (χ3v) is 3.32. The summed E-state index contributed by atoms with van der Waals surface area (Å²) in [5.41, 5.74) is 0.888. The zero-order valence-corrected chi connectivity index (χ0v) is 11.9. The summed E-state index contributed by atoms with van der Waals surface area (Å²) in [6.45, 7) is 1.76. The summed E-state index contributed by atoms with van der Waals surface area (Å²) < 4.78 is 19.9. The van der Waals surface area contributed by atoms with Crippen molar-refractivity contribution in [3.63, 3.8) is 0 Å². The molecule has 0 unspecified atom stereocenters. The van der Waals surface area contributed by atoms with E-state index in [1.807, 2.05) is 0 Å². The highest BCUT2D eigenvalue weighted by molar-refractivity contribution is 9.10. The molecule has 1 heterocycles. The van der Waals surface area contributed by atoms with Gasteiger partial charge in [-0.25, -0.2) is 9.37 Å². The molecular formula is C13H10BrClFNO. The summed E-state index contributed by atoms with van der Waals surface area (Å²) in [5, 5.41) is 0.414. The molecule has 2 rings (SSSR count). The van der Waals surface area contributed by atoms with Crippen LogP contribution in [0.2, 0.25) is 5.02 Å². The van der Waals surface area contributed by atoms with E-state index < -0.39 is 0 Å². The van der Waals surface area contributed by atoms with Crippen LogP contribution < -0.4 is 4.74 Å². The van der Waals surface area contributed by atoms with Crippen molar-refractivity contribution in [2.75, 3.05) is 0 Å². The first-order valence-corrected chi connectivity index (χ1v) is 6.44. The van der Waals surface area contributed by atoms with Crippen LogP contribution in [-0.2, 0) is 6.61 Å². The first kappa shape index (κ1) is 13.3. The van der Waals surface area contributed by atoms with E-state index in [4.69, 9.17) is 16.3 Å². The van der Waals surface area contributed by atoms with Crippen molar-refractivity contribution in [3.05, 3.63) is 56.9 Å². The van der Waals surface area contributed by atoms with Gasteiger partial charge in [-0.1, -0.05) is 23.7 Å². The van der Waals surface area contributed by atoms with Gasteiger partial charge in [-0.2, -0.15) is 0 Å². The van der Waals surface area contributed by atoms with Gasteiger partial charge >= 0.3 is 0 Å². The van der Waals surface area contributed by atoms with E-state index in [1.54, 1.807) is 37.3 Å². The number of ether oxygens (including phenoxy) is 1. The minimum absolute atomic E-state index is 0.118. The van der Waals surface area contributed by atoms with Gasteiger partial charge in [-0.05, 0) is 35.0 Å². The van der Waals surface area contributed by atoms with Crippen molar-refractivity contribution >= 4 is 27.5 Å². The number of benzene rings is 1. The Balaban J connectivity index is 2.14. The fraction of sp³-hybridized carbons (Fsp3) is 0.154. The van der Waals surface area contributed by atoms with E-state index in [2.05, 4.69) is 20.9 Å². The SMILES string of the molecule is Cc1c(Cl)ccc(COc2cccc(Br)n2)c1F. The largest absolute Gasteiger partial charge is 0.473 e. The molecule has 0 spiro atoms. The summed E-state index contributed by atoms with van der Waals surface area (Å²) in [7, 11) is 0. The molecule has 0 saturated heterocycles. The van der Waals surface area contributed by atoms with Crippen molar-refractivity contribution in [1.82, 2.24) is 4.98 Å². The van der Waals surface area contributed by atoms with Crippen LogP contribution in [0.15, 0.2) is 34.9 Å². The fourth-order valence-corrected chi connectivity index (χ4v) is 1.92. The van der Waals surface area contributed by atoms with Gasteiger partial charge < -0.3 is 4.74 Å². The molecule has 0 amide bonds. The van der Waals surface area contributed by atoms with Crippen molar-refractivity contribution in [1.29, 1.82) is 0 Å². The molecule has 18 heavy (non-hydrogen) atoms. The smallest absolute Gasteiger partial charge is 0.214 e. The van der Waals surface area contributed by atoms with Gasteiger partial charge in [0.15, 0.2) is 0 Å². The number of pyridine rings is 1. The van der Waals surface area contributed by atoms with Gasteiger partial charge in [0.1, 0.15) is 17.0 Å². The van der Waals surface area contributed by atoms with Crippen LogP contribution in [0.1, 0.15) is 11.1 Å². The number of aromatic nitrogens is 1. The monoisotopic (exact) mass is 329 g/mol. The van der Waals surface area contributed by atoms with Crippen molar-refractivity contribution < 1.29 is 9.13 Å². The van der Waals surface area contributed by atoms with Crippen LogP contribution in [0.4, 0.5) is 4.39 Å². The zero-order valence-electron chi connectivity index (χ0n) is 9.58.